The van der Waals surface area contributed by atoms with E-state index in [4.69, 9.17) is 0 Å². The van der Waals surface area contributed by atoms with Gasteiger partial charge < -0.3 is 11.1 Å². The Morgan fingerprint density at radius 1 is 1.17 bits per heavy atom. The minimum absolute atomic E-state index is 0.0754. The number of nitrogens with one attached hydrogen (secondary N) is 3. The third kappa shape index (κ3) is 4.20. The molecule has 0 saturated heterocycles. The Bertz CT molecular complexity index is 461. The summed E-state index contributed by atoms with van der Waals surface area (Å²) in [6.45, 7) is 0. The molecule has 0 aromatic heterocycles. The molecule has 0 aliphatic heterocycles. The second kappa shape index (κ2) is 5.25. The number of hydrazine groups is 1. The lowest BCUT2D eigenvalue weighted by molar-refractivity contribution is -0.137. The average Bonchev–Trinajstić information content (AvgIpc) is 2.25. The van der Waals surface area contributed by atoms with Crippen molar-refractivity contribution in [3.05, 3.63) is 29.8 Å². The van der Waals surface area contributed by atoms with Crippen molar-refractivity contribution < 1.29 is 22.8 Å². The molecule has 0 atom stereocenters. The van der Waals surface area contributed by atoms with Gasteiger partial charge in [-0.15, -0.1) is 0 Å². The number of benzene rings is 1. The summed E-state index contributed by atoms with van der Waals surface area (Å²) in [5, 5.41) is 2.09. The molecular weight excluding hydrogens is 253 g/mol. The van der Waals surface area contributed by atoms with Gasteiger partial charge in [0.25, 0.3) is 0 Å². The van der Waals surface area contributed by atoms with Gasteiger partial charge >= 0.3 is 18.2 Å². The molecule has 0 aliphatic rings. The molecule has 98 valence electrons. The molecule has 0 unspecified atom stereocenters. The second-order valence-electron chi connectivity index (χ2n) is 3.15. The van der Waals surface area contributed by atoms with Gasteiger partial charge in [-0.05, 0) is 18.2 Å². The Morgan fingerprint density at radius 2 is 1.83 bits per heavy atom. The fourth-order valence-corrected chi connectivity index (χ4v) is 1.05. The number of anilines is 1. The molecule has 9 heteroatoms. The lowest BCUT2D eigenvalue weighted by atomic mass is 10.2. The number of nitrogens with two attached hydrogens (primary N) is 1. The fourth-order valence-electron chi connectivity index (χ4n) is 1.05. The molecule has 1 aromatic carbocycles. The Hall–Kier alpha value is -2.45. The van der Waals surface area contributed by atoms with Crippen LogP contribution in [0, 0.1) is 0 Å². The summed E-state index contributed by atoms with van der Waals surface area (Å²) in [5.74, 6) is 0. The van der Waals surface area contributed by atoms with Crippen molar-refractivity contribution in [3.8, 4) is 0 Å². The Balaban J connectivity index is 2.68. The maximum absolute atomic E-state index is 12.4. The Morgan fingerprint density at radius 3 is 2.39 bits per heavy atom. The normalized spacial score (nSPS) is 10.6. The van der Waals surface area contributed by atoms with Gasteiger partial charge in [0.2, 0.25) is 0 Å². The number of halogens is 3. The maximum Gasteiger partial charge on any atom is 0.416 e. The zero-order chi connectivity index (χ0) is 13.8. The quantitative estimate of drug-likeness (QED) is 0.576. The van der Waals surface area contributed by atoms with E-state index < -0.39 is 23.8 Å². The summed E-state index contributed by atoms with van der Waals surface area (Å²) in [5.41, 5.74) is 7.30. The lowest BCUT2D eigenvalue weighted by Gasteiger charge is -2.10. The number of carbonyl (C=O) groups is 2. The molecule has 0 aliphatic carbocycles. The van der Waals surface area contributed by atoms with E-state index >= 15 is 0 Å². The summed E-state index contributed by atoms with van der Waals surface area (Å²) < 4.78 is 37.1. The van der Waals surface area contributed by atoms with Crippen molar-refractivity contribution in [1.29, 1.82) is 0 Å². The van der Waals surface area contributed by atoms with Gasteiger partial charge in [0.1, 0.15) is 0 Å². The van der Waals surface area contributed by atoms with Crippen LogP contribution in [-0.2, 0) is 6.18 Å². The molecule has 1 rings (SSSR count). The SMILES string of the molecule is NC(=O)NNC(=O)Nc1cccc(C(F)(F)F)c1. The predicted molar refractivity (Wildman–Crippen MR) is 56.3 cm³/mol. The molecule has 1 aromatic rings. The number of carbonyl (C=O) groups excluding carboxylic acids is 2. The van der Waals surface area contributed by atoms with Crippen LogP contribution in [0.25, 0.3) is 0 Å². The van der Waals surface area contributed by atoms with E-state index in [9.17, 15) is 22.8 Å². The van der Waals surface area contributed by atoms with Crippen LogP contribution < -0.4 is 21.9 Å². The van der Waals surface area contributed by atoms with Gasteiger partial charge in [-0.3, -0.25) is 0 Å². The standard InChI is InChI=1S/C9H9F3N4O2/c10-9(11,12)5-2-1-3-6(4-5)14-8(18)16-15-7(13)17/h1-4H,(H3,13,15,17)(H2,14,16,18). The first kappa shape index (κ1) is 13.6. The molecule has 6 nitrogen and oxygen atoms in total. The third-order valence-electron chi connectivity index (χ3n) is 1.75. The van der Waals surface area contributed by atoms with Crippen LogP contribution in [0.4, 0.5) is 28.4 Å². The number of amides is 4. The second-order valence-corrected chi connectivity index (χ2v) is 3.15. The maximum atomic E-state index is 12.4. The molecule has 0 spiro atoms. The highest BCUT2D eigenvalue weighted by molar-refractivity contribution is 5.90. The van der Waals surface area contributed by atoms with Crippen LogP contribution in [-0.4, -0.2) is 12.1 Å². The summed E-state index contributed by atoms with van der Waals surface area (Å²) in [6.07, 6.45) is -4.50. The van der Waals surface area contributed by atoms with E-state index in [-0.39, 0.29) is 5.69 Å². The zero-order valence-electron chi connectivity index (χ0n) is 8.84. The molecule has 5 N–H and O–H groups in total. The number of rotatable bonds is 1. The minimum Gasteiger partial charge on any atom is -0.350 e. The summed E-state index contributed by atoms with van der Waals surface area (Å²) in [7, 11) is 0. The molecule has 18 heavy (non-hydrogen) atoms. The van der Waals surface area contributed by atoms with E-state index in [0.717, 1.165) is 18.2 Å². The monoisotopic (exact) mass is 262 g/mol. The largest absolute Gasteiger partial charge is 0.416 e. The highest BCUT2D eigenvalue weighted by atomic mass is 19.4. The van der Waals surface area contributed by atoms with E-state index in [0.29, 0.717) is 0 Å². The zero-order valence-corrected chi connectivity index (χ0v) is 8.84. The van der Waals surface area contributed by atoms with E-state index in [1.807, 2.05) is 5.43 Å². The molecule has 0 saturated carbocycles. The first-order chi connectivity index (χ1) is 8.29. The number of hydrogen-bond donors (Lipinski definition) is 4. The third-order valence-corrected chi connectivity index (χ3v) is 1.75. The van der Waals surface area contributed by atoms with Gasteiger partial charge in [0.05, 0.1) is 5.56 Å². The minimum atomic E-state index is -4.50. The Labute approximate surface area is 99.3 Å². The van der Waals surface area contributed by atoms with Crippen molar-refractivity contribution in [2.24, 2.45) is 5.73 Å². The van der Waals surface area contributed by atoms with Crippen LogP contribution in [0.3, 0.4) is 0 Å². The first-order valence-corrected chi connectivity index (χ1v) is 4.59. The highest BCUT2D eigenvalue weighted by Gasteiger charge is 2.30. The summed E-state index contributed by atoms with van der Waals surface area (Å²) in [6, 6.07) is 2.09. The molecule has 0 radical (unpaired) electrons. The van der Waals surface area contributed by atoms with E-state index in [1.165, 1.54) is 6.07 Å². The summed E-state index contributed by atoms with van der Waals surface area (Å²) >= 11 is 0. The van der Waals surface area contributed by atoms with E-state index in [2.05, 4.69) is 11.1 Å². The van der Waals surface area contributed by atoms with Gasteiger partial charge in [-0.25, -0.2) is 20.4 Å². The van der Waals surface area contributed by atoms with Gasteiger partial charge in [0.15, 0.2) is 0 Å². The predicted octanol–water partition coefficient (Wildman–Crippen LogP) is 1.41. The Kier molecular flexibility index (Phi) is 3.97. The number of urea groups is 2. The topological polar surface area (TPSA) is 96.2 Å². The van der Waals surface area contributed by atoms with Gasteiger partial charge in [0, 0.05) is 5.69 Å². The van der Waals surface area contributed by atoms with Crippen LogP contribution in [0.5, 0.6) is 0 Å². The number of primary amides is 1. The molecule has 0 fully saturated rings. The molecule has 4 amide bonds. The first-order valence-electron chi connectivity index (χ1n) is 4.59. The van der Waals surface area contributed by atoms with Crippen LogP contribution in [0.2, 0.25) is 0 Å². The van der Waals surface area contributed by atoms with Crippen molar-refractivity contribution in [3.63, 3.8) is 0 Å². The molecule has 0 heterocycles. The summed E-state index contributed by atoms with van der Waals surface area (Å²) in [4.78, 5) is 21.4. The van der Waals surface area contributed by atoms with Crippen LogP contribution >= 0.6 is 0 Å². The fraction of sp³-hybridized carbons (Fsp3) is 0.111. The lowest BCUT2D eigenvalue weighted by Crippen LogP contribution is -2.46. The van der Waals surface area contributed by atoms with Crippen molar-refractivity contribution in [2.75, 3.05) is 5.32 Å². The average molecular weight is 262 g/mol. The van der Waals surface area contributed by atoms with Crippen molar-refractivity contribution >= 4 is 17.7 Å². The highest BCUT2D eigenvalue weighted by Crippen LogP contribution is 2.30. The van der Waals surface area contributed by atoms with Crippen molar-refractivity contribution in [2.45, 2.75) is 6.18 Å². The van der Waals surface area contributed by atoms with Gasteiger partial charge in [-0.1, -0.05) is 6.07 Å². The number of alkyl halides is 3. The number of hydrogen-bond acceptors (Lipinski definition) is 2. The van der Waals surface area contributed by atoms with Gasteiger partial charge in [-0.2, -0.15) is 13.2 Å². The van der Waals surface area contributed by atoms with Crippen molar-refractivity contribution in [1.82, 2.24) is 10.9 Å². The molecular formula is C9H9F3N4O2. The molecule has 0 bridgehead atoms. The van der Waals surface area contributed by atoms with Crippen LogP contribution in [0.1, 0.15) is 5.56 Å². The smallest absolute Gasteiger partial charge is 0.350 e. The van der Waals surface area contributed by atoms with E-state index in [1.54, 1.807) is 5.43 Å². The van der Waals surface area contributed by atoms with Crippen LogP contribution in [0.15, 0.2) is 24.3 Å².